The topological polar surface area (TPSA) is 66.8 Å². The van der Waals surface area contributed by atoms with E-state index in [1.807, 2.05) is 24.3 Å². The second-order valence-electron chi connectivity index (χ2n) is 7.13. The Morgan fingerprint density at radius 1 is 1.29 bits per heavy atom. The number of β-amino-alcohol motifs (C(OH)–C–C–N with tert-alkyl or cyclic N) is 1. The van der Waals surface area contributed by atoms with Crippen LogP contribution in [-0.2, 0) is 16.0 Å². The average Bonchev–Trinajstić information content (AvgIpc) is 2.87. The zero-order valence-corrected chi connectivity index (χ0v) is 15.9. The predicted octanol–water partition coefficient (Wildman–Crippen LogP) is 3.32. The molecule has 0 unspecified atom stereocenters. The SMILES string of the molecule is CC(C)(C)OC(=O)N1C[C@H](O)C[C@H]1C(=O)CCc1ccc(Br)cc1. The number of nitrogens with zero attached hydrogens (tertiary/aromatic N) is 1. The maximum absolute atomic E-state index is 12.5. The molecule has 0 aromatic heterocycles. The molecule has 0 bridgehead atoms. The smallest absolute Gasteiger partial charge is 0.410 e. The predicted molar refractivity (Wildman–Crippen MR) is 94.8 cm³/mol. The van der Waals surface area contributed by atoms with Crippen LogP contribution in [0.15, 0.2) is 28.7 Å². The quantitative estimate of drug-likeness (QED) is 0.845. The van der Waals surface area contributed by atoms with E-state index in [0.29, 0.717) is 12.8 Å². The molecule has 1 fully saturated rings. The van der Waals surface area contributed by atoms with Crippen molar-refractivity contribution in [2.45, 2.75) is 57.8 Å². The van der Waals surface area contributed by atoms with Gasteiger partial charge in [0.15, 0.2) is 5.78 Å². The summed E-state index contributed by atoms with van der Waals surface area (Å²) in [5, 5.41) is 9.88. The molecular weight excluding hydrogens is 374 g/mol. The zero-order valence-electron chi connectivity index (χ0n) is 14.3. The molecule has 1 N–H and O–H groups in total. The number of benzene rings is 1. The highest BCUT2D eigenvalue weighted by Crippen LogP contribution is 2.23. The number of aliphatic hydroxyl groups is 1. The molecule has 24 heavy (non-hydrogen) atoms. The van der Waals surface area contributed by atoms with E-state index in [4.69, 9.17) is 4.74 Å². The van der Waals surface area contributed by atoms with Gasteiger partial charge in [-0.3, -0.25) is 9.69 Å². The number of rotatable bonds is 4. The minimum absolute atomic E-state index is 0.0414. The fourth-order valence-electron chi connectivity index (χ4n) is 2.73. The van der Waals surface area contributed by atoms with Crippen LogP contribution in [0, 0.1) is 0 Å². The standard InChI is InChI=1S/C18H24BrNO4/c1-18(2,3)24-17(23)20-11-14(21)10-15(20)16(22)9-6-12-4-7-13(19)8-5-12/h4-5,7-8,14-15,21H,6,9-11H2,1-3H3/t14-,15+/m1/s1. The summed E-state index contributed by atoms with van der Waals surface area (Å²) in [4.78, 5) is 26.2. The Hall–Kier alpha value is -1.40. The summed E-state index contributed by atoms with van der Waals surface area (Å²) < 4.78 is 6.34. The lowest BCUT2D eigenvalue weighted by Crippen LogP contribution is -2.43. The van der Waals surface area contributed by atoms with E-state index < -0.39 is 23.8 Å². The number of likely N-dealkylation sites (tertiary alicyclic amines) is 1. The molecule has 6 heteroatoms. The van der Waals surface area contributed by atoms with Gasteiger partial charge in [0.05, 0.1) is 18.7 Å². The third-order valence-corrected chi connectivity index (χ3v) is 4.38. The normalized spacial score (nSPS) is 21.0. The van der Waals surface area contributed by atoms with Crippen LogP contribution >= 0.6 is 15.9 Å². The van der Waals surface area contributed by atoms with Crippen LogP contribution in [-0.4, -0.2) is 46.2 Å². The number of halogens is 1. The van der Waals surface area contributed by atoms with Crippen LogP contribution in [0.5, 0.6) is 0 Å². The first kappa shape index (κ1) is 18.9. The summed E-state index contributed by atoms with van der Waals surface area (Å²) in [6, 6.07) is 7.20. The summed E-state index contributed by atoms with van der Waals surface area (Å²) in [6.45, 7) is 5.48. The first-order valence-corrected chi connectivity index (χ1v) is 8.90. The van der Waals surface area contributed by atoms with Crippen molar-refractivity contribution < 1.29 is 19.4 Å². The Morgan fingerprint density at radius 3 is 2.50 bits per heavy atom. The number of ether oxygens (including phenoxy) is 1. The number of ketones is 1. The lowest BCUT2D eigenvalue weighted by molar-refractivity contribution is -0.123. The maximum Gasteiger partial charge on any atom is 0.410 e. The Kier molecular flexibility index (Phi) is 6.04. The molecule has 5 nitrogen and oxygen atoms in total. The van der Waals surface area contributed by atoms with Gasteiger partial charge >= 0.3 is 6.09 Å². The first-order chi connectivity index (χ1) is 11.2. The van der Waals surface area contributed by atoms with Gasteiger partial charge in [0.1, 0.15) is 5.60 Å². The van der Waals surface area contributed by atoms with Crippen molar-refractivity contribution in [2.24, 2.45) is 0 Å². The summed E-state index contributed by atoms with van der Waals surface area (Å²) in [7, 11) is 0. The number of carbonyl (C=O) groups excluding carboxylic acids is 2. The summed E-state index contributed by atoms with van der Waals surface area (Å²) in [5.74, 6) is -0.0414. The molecule has 0 radical (unpaired) electrons. The lowest BCUT2D eigenvalue weighted by atomic mass is 10.0. The van der Waals surface area contributed by atoms with E-state index in [1.54, 1.807) is 20.8 Å². The number of carbonyl (C=O) groups is 2. The lowest BCUT2D eigenvalue weighted by Gasteiger charge is -2.27. The van der Waals surface area contributed by atoms with Crippen molar-refractivity contribution in [3.63, 3.8) is 0 Å². The van der Waals surface area contributed by atoms with Gasteiger partial charge in [-0.15, -0.1) is 0 Å². The molecule has 0 aliphatic carbocycles. The van der Waals surface area contributed by atoms with Crippen LogP contribution in [0.2, 0.25) is 0 Å². The molecule has 0 spiro atoms. The van der Waals surface area contributed by atoms with E-state index >= 15 is 0 Å². The number of amides is 1. The minimum Gasteiger partial charge on any atom is -0.444 e. The van der Waals surface area contributed by atoms with Gasteiger partial charge in [-0.2, -0.15) is 0 Å². The van der Waals surface area contributed by atoms with Crippen molar-refractivity contribution in [3.05, 3.63) is 34.3 Å². The maximum atomic E-state index is 12.5. The summed E-state index contributed by atoms with van der Waals surface area (Å²) in [5.41, 5.74) is 0.434. The van der Waals surface area contributed by atoms with Crippen LogP contribution in [0.25, 0.3) is 0 Å². The number of Topliss-reactive ketones (excluding diaryl/α,β-unsaturated/α-hetero) is 1. The minimum atomic E-state index is -0.681. The van der Waals surface area contributed by atoms with Crippen molar-refractivity contribution in [1.29, 1.82) is 0 Å². The third kappa shape index (κ3) is 5.31. The van der Waals surface area contributed by atoms with Gasteiger partial charge in [-0.25, -0.2) is 4.79 Å². The molecule has 2 atom stereocenters. The molecule has 1 heterocycles. The van der Waals surface area contributed by atoms with Gasteiger partial charge in [-0.05, 0) is 44.9 Å². The highest BCUT2D eigenvalue weighted by Gasteiger charge is 2.40. The molecule has 1 aromatic rings. The Morgan fingerprint density at radius 2 is 1.92 bits per heavy atom. The molecule has 1 saturated heterocycles. The van der Waals surface area contributed by atoms with E-state index in [9.17, 15) is 14.7 Å². The van der Waals surface area contributed by atoms with Gasteiger partial charge in [0.2, 0.25) is 0 Å². The largest absolute Gasteiger partial charge is 0.444 e. The number of hydrogen-bond donors (Lipinski definition) is 1. The van der Waals surface area contributed by atoms with Crippen molar-refractivity contribution >= 4 is 27.8 Å². The van der Waals surface area contributed by atoms with E-state index in [2.05, 4.69) is 15.9 Å². The van der Waals surface area contributed by atoms with Gasteiger partial charge in [0, 0.05) is 17.3 Å². The fraction of sp³-hybridized carbons (Fsp3) is 0.556. The molecule has 1 aromatic carbocycles. The van der Waals surface area contributed by atoms with E-state index in [0.717, 1.165) is 10.0 Å². The molecule has 1 aliphatic heterocycles. The highest BCUT2D eigenvalue weighted by atomic mass is 79.9. The third-order valence-electron chi connectivity index (χ3n) is 3.85. The van der Waals surface area contributed by atoms with Crippen molar-refractivity contribution in [2.75, 3.05) is 6.54 Å². The Bertz CT molecular complexity index is 594. The monoisotopic (exact) mass is 397 g/mol. The Labute approximate surface area is 151 Å². The highest BCUT2D eigenvalue weighted by molar-refractivity contribution is 9.10. The molecular formula is C18H24BrNO4. The molecule has 132 valence electrons. The molecule has 1 aliphatic rings. The molecule has 1 amide bonds. The zero-order chi connectivity index (χ0) is 17.9. The number of aryl methyl sites for hydroxylation is 1. The van der Waals surface area contributed by atoms with Gasteiger partial charge in [-0.1, -0.05) is 28.1 Å². The van der Waals surface area contributed by atoms with Crippen molar-refractivity contribution in [3.8, 4) is 0 Å². The number of hydrogen-bond acceptors (Lipinski definition) is 4. The van der Waals surface area contributed by atoms with Crippen LogP contribution < -0.4 is 0 Å². The van der Waals surface area contributed by atoms with E-state index in [1.165, 1.54) is 4.90 Å². The fourth-order valence-corrected chi connectivity index (χ4v) is 2.99. The summed E-state index contributed by atoms with van der Waals surface area (Å²) >= 11 is 3.38. The van der Waals surface area contributed by atoms with E-state index in [-0.39, 0.29) is 18.7 Å². The number of aliphatic hydroxyl groups excluding tert-OH is 1. The van der Waals surface area contributed by atoms with Crippen molar-refractivity contribution in [1.82, 2.24) is 4.90 Å². The summed E-state index contributed by atoms with van der Waals surface area (Å²) in [6.07, 6.45) is -0.00221. The Balaban J connectivity index is 1.98. The average molecular weight is 398 g/mol. The second-order valence-corrected chi connectivity index (χ2v) is 8.05. The first-order valence-electron chi connectivity index (χ1n) is 8.10. The van der Waals surface area contributed by atoms with Crippen LogP contribution in [0.1, 0.15) is 39.2 Å². The second kappa shape index (κ2) is 7.66. The van der Waals surface area contributed by atoms with Gasteiger partial charge < -0.3 is 9.84 Å². The molecule has 2 rings (SSSR count). The molecule has 0 saturated carbocycles. The van der Waals surface area contributed by atoms with Gasteiger partial charge in [0.25, 0.3) is 0 Å². The van der Waals surface area contributed by atoms with Crippen LogP contribution in [0.3, 0.4) is 0 Å². The van der Waals surface area contributed by atoms with Crippen LogP contribution in [0.4, 0.5) is 4.79 Å².